The molecule has 0 aromatic heterocycles. The Bertz CT molecular complexity index is 330. The lowest BCUT2D eigenvalue weighted by atomic mass is 10.3. The molecule has 0 unspecified atom stereocenters. The number of amides is 4. The van der Waals surface area contributed by atoms with E-state index in [0.717, 1.165) is 0 Å². The average molecular weight is 261 g/mol. The van der Waals surface area contributed by atoms with Crippen LogP contribution in [0.5, 0.6) is 0 Å². The van der Waals surface area contributed by atoms with Gasteiger partial charge in [0.05, 0.1) is 0 Å². The van der Waals surface area contributed by atoms with E-state index in [-0.39, 0.29) is 13.0 Å². The van der Waals surface area contributed by atoms with Crippen LogP contribution in [-0.2, 0) is 19.1 Å². The number of hydrogen-bond acceptors (Lipinski definition) is 5. The van der Waals surface area contributed by atoms with Crippen molar-refractivity contribution in [2.45, 2.75) is 12.8 Å². The molecule has 0 saturated carbocycles. The second-order valence-corrected chi connectivity index (χ2v) is 3.26. The lowest BCUT2D eigenvalue weighted by molar-refractivity contribution is -0.143. The Kier molecular flexibility index (Phi) is 7.86. The summed E-state index contributed by atoms with van der Waals surface area (Å²) < 4.78 is 4.46. The molecule has 0 saturated heterocycles. The number of imide groups is 1. The number of carboxylic acid groups (broad SMARTS) is 1. The summed E-state index contributed by atoms with van der Waals surface area (Å²) in [6.45, 7) is -0.952. The smallest absolute Gasteiger partial charge is 0.329 e. The summed E-state index contributed by atoms with van der Waals surface area (Å²) in [4.78, 5) is 42.5. The standard InChI is InChI=1S/C9H15N3O6/c10-6(13)2-1-3-11-9(17)12-7(14)4-18-5-8(15)16/h1-5H2,(H2,10,13)(H,15,16)(H2,11,12,14,17). The summed E-state index contributed by atoms with van der Waals surface area (Å²) in [5, 5.41) is 12.5. The van der Waals surface area contributed by atoms with Crippen LogP contribution in [0.25, 0.3) is 0 Å². The number of carboxylic acids is 1. The molecule has 0 atom stereocenters. The van der Waals surface area contributed by atoms with Gasteiger partial charge in [-0.1, -0.05) is 0 Å². The van der Waals surface area contributed by atoms with Gasteiger partial charge in [0.2, 0.25) is 5.91 Å². The Morgan fingerprint density at radius 1 is 1.17 bits per heavy atom. The Morgan fingerprint density at radius 3 is 2.39 bits per heavy atom. The number of ether oxygens (including phenoxy) is 1. The van der Waals surface area contributed by atoms with Gasteiger partial charge in [0.15, 0.2) is 0 Å². The fraction of sp³-hybridized carbons (Fsp3) is 0.556. The van der Waals surface area contributed by atoms with Gasteiger partial charge in [-0.15, -0.1) is 0 Å². The molecule has 0 aliphatic carbocycles. The van der Waals surface area contributed by atoms with Crippen LogP contribution in [0.4, 0.5) is 4.79 Å². The van der Waals surface area contributed by atoms with Crippen LogP contribution >= 0.6 is 0 Å². The lowest BCUT2D eigenvalue weighted by Gasteiger charge is -2.05. The normalized spacial score (nSPS) is 9.56. The number of urea groups is 1. The second-order valence-electron chi connectivity index (χ2n) is 3.26. The third kappa shape index (κ3) is 10.4. The first-order valence-corrected chi connectivity index (χ1v) is 5.07. The average Bonchev–Trinajstić information content (AvgIpc) is 2.23. The van der Waals surface area contributed by atoms with Gasteiger partial charge in [0.1, 0.15) is 13.2 Å². The molecule has 0 aromatic carbocycles. The molecule has 0 fully saturated rings. The minimum atomic E-state index is -1.21. The Morgan fingerprint density at radius 2 is 1.83 bits per heavy atom. The van der Waals surface area contributed by atoms with Gasteiger partial charge in [-0.3, -0.25) is 14.9 Å². The van der Waals surface area contributed by atoms with Crippen molar-refractivity contribution >= 4 is 23.8 Å². The largest absolute Gasteiger partial charge is 0.480 e. The first-order chi connectivity index (χ1) is 8.41. The Hall–Kier alpha value is -2.16. The van der Waals surface area contributed by atoms with Crippen LogP contribution in [0.15, 0.2) is 0 Å². The summed E-state index contributed by atoms with van der Waals surface area (Å²) >= 11 is 0. The number of nitrogens with one attached hydrogen (secondary N) is 2. The number of carbonyl (C=O) groups excluding carboxylic acids is 3. The zero-order valence-electron chi connectivity index (χ0n) is 9.60. The number of rotatable bonds is 8. The highest BCUT2D eigenvalue weighted by molar-refractivity contribution is 5.94. The SMILES string of the molecule is NC(=O)CCCNC(=O)NC(=O)COCC(=O)O. The summed E-state index contributed by atoms with van der Waals surface area (Å²) in [6, 6.07) is -0.747. The number of nitrogens with two attached hydrogens (primary N) is 1. The Labute approximate surface area is 103 Å². The molecular formula is C9H15N3O6. The number of aliphatic carboxylic acids is 1. The molecule has 9 heteroatoms. The maximum atomic E-state index is 11.1. The first kappa shape index (κ1) is 15.8. The van der Waals surface area contributed by atoms with E-state index in [9.17, 15) is 19.2 Å². The van der Waals surface area contributed by atoms with Crippen LogP contribution in [0.2, 0.25) is 0 Å². The van der Waals surface area contributed by atoms with Crippen molar-refractivity contribution in [3.63, 3.8) is 0 Å². The molecule has 0 heterocycles. The maximum Gasteiger partial charge on any atom is 0.329 e. The quantitative estimate of drug-likeness (QED) is 0.378. The third-order valence-corrected chi connectivity index (χ3v) is 1.60. The number of primary amides is 1. The van der Waals surface area contributed by atoms with Crippen LogP contribution in [-0.4, -0.2) is 48.7 Å². The van der Waals surface area contributed by atoms with Crippen molar-refractivity contribution in [1.29, 1.82) is 0 Å². The van der Waals surface area contributed by atoms with E-state index in [2.05, 4.69) is 10.1 Å². The number of carbonyl (C=O) groups is 4. The zero-order chi connectivity index (χ0) is 14.0. The van der Waals surface area contributed by atoms with E-state index < -0.39 is 37.0 Å². The van der Waals surface area contributed by atoms with E-state index in [4.69, 9.17) is 10.8 Å². The molecule has 0 aliphatic heterocycles. The van der Waals surface area contributed by atoms with Crippen LogP contribution in [0.1, 0.15) is 12.8 Å². The highest BCUT2D eigenvalue weighted by Gasteiger charge is 2.08. The van der Waals surface area contributed by atoms with Crippen molar-refractivity contribution in [1.82, 2.24) is 10.6 Å². The van der Waals surface area contributed by atoms with E-state index in [0.29, 0.717) is 6.42 Å². The van der Waals surface area contributed by atoms with Crippen molar-refractivity contribution < 1.29 is 29.0 Å². The van der Waals surface area contributed by atoms with Crippen LogP contribution < -0.4 is 16.4 Å². The van der Waals surface area contributed by atoms with Crippen molar-refractivity contribution in [2.24, 2.45) is 5.73 Å². The van der Waals surface area contributed by atoms with Gasteiger partial charge in [-0.25, -0.2) is 9.59 Å². The third-order valence-electron chi connectivity index (χ3n) is 1.60. The molecule has 0 bridgehead atoms. The van der Waals surface area contributed by atoms with Gasteiger partial charge >= 0.3 is 12.0 Å². The minimum Gasteiger partial charge on any atom is -0.480 e. The molecular weight excluding hydrogens is 246 g/mol. The fourth-order valence-corrected chi connectivity index (χ4v) is 0.902. The molecule has 0 aromatic rings. The molecule has 0 spiro atoms. The van der Waals surface area contributed by atoms with Gasteiger partial charge in [0, 0.05) is 13.0 Å². The molecule has 0 aliphatic rings. The van der Waals surface area contributed by atoms with Crippen molar-refractivity contribution in [3.05, 3.63) is 0 Å². The highest BCUT2D eigenvalue weighted by Crippen LogP contribution is 1.84. The molecule has 4 amide bonds. The summed E-state index contributed by atoms with van der Waals surface area (Å²) in [5.74, 6) is -2.45. The fourth-order valence-electron chi connectivity index (χ4n) is 0.902. The molecule has 0 radical (unpaired) electrons. The minimum absolute atomic E-state index is 0.135. The highest BCUT2D eigenvalue weighted by atomic mass is 16.5. The van der Waals surface area contributed by atoms with Gasteiger partial charge < -0.3 is 20.9 Å². The monoisotopic (exact) mass is 261 g/mol. The predicted molar refractivity (Wildman–Crippen MR) is 58.4 cm³/mol. The topological polar surface area (TPSA) is 148 Å². The van der Waals surface area contributed by atoms with E-state index >= 15 is 0 Å². The molecule has 9 nitrogen and oxygen atoms in total. The van der Waals surface area contributed by atoms with Gasteiger partial charge in [0.25, 0.3) is 5.91 Å². The molecule has 102 valence electrons. The molecule has 0 rings (SSSR count). The maximum absolute atomic E-state index is 11.1. The van der Waals surface area contributed by atoms with Crippen molar-refractivity contribution in [2.75, 3.05) is 19.8 Å². The van der Waals surface area contributed by atoms with Crippen molar-refractivity contribution in [3.8, 4) is 0 Å². The van der Waals surface area contributed by atoms with Gasteiger partial charge in [-0.2, -0.15) is 0 Å². The van der Waals surface area contributed by atoms with E-state index in [1.807, 2.05) is 5.32 Å². The van der Waals surface area contributed by atoms with Crippen LogP contribution in [0.3, 0.4) is 0 Å². The zero-order valence-corrected chi connectivity index (χ0v) is 9.60. The number of hydrogen-bond donors (Lipinski definition) is 4. The Balaban J connectivity index is 3.58. The summed E-state index contributed by atoms with van der Waals surface area (Å²) in [7, 11) is 0. The first-order valence-electron chi connectivity index (χ1n) is 5.07. The summed E-state index contributed by atoms with van der Waals surface area (Å²) in [6.07, 6.45) is 0.502. The van der Waals surface area contributed by atoms with E-state index in [1.54, 1.807) is 0 Å². The predicted octanol–water partition coefficient (Wildman–Crippen LogP) is -1.82. The molecule has 18 heavy (non-hydrogen) atoms. The summed E-state index contributed by atoms with van der Waals surface area (Å²) in [5.41, 5.74) is 4.88. The van der Waals surface area contributed by atoms with E-state index in [1.165, 1.54) is 0 Å². The second kappa shape index (κ2) is 8.93. The van der Waals surface area contributed by atoms with Gasteiger partial charge in [-0.05, 0) is 6.42 Å². The van der Waals surface area contributed by atoms with Crippen LogP contribution in [0, 0.1) is 0 Å². The lowest BCUT2D eigenvalue weighted by Crippen LogP contribution is -2.41. The molecule has 5 N–H and O–H groups in total.